The molecule has 18 heavy (non-hydrogen) atoms. The molecule has 0 saturated carbocycles. The van der Waals surface area contributed by atoms with Crippen LogP contribution < -0.4 is 5.32 Å². The molecule has 1 saturated heterocycles. The lowest BCUT2D eigenvalue weighted by Gasteiger charge is -2.14. The first kappa shape index (κ1) is 13.9. The van der Waals surface area contributed by atoms with Crippen LogP contribution in [0.4, 0.5) is 0 Å². The van der Waals surface area contributed by atoms with E-state index >= 15 is 0 Å². The fourth-order valence-electron chi connectivity index (χ4n) is 2.26. The Balaban J connectivity index is 1.89. The quantitative estimate of drug-likeness (QED) is 0.794. The van der Waals surface area contributed by atoms with Gasteiger partial charge in [0, 0.05) is 23.3 Å². The first-order valence-corrected chi connectivity index (χ1v) is 7.86. The topological polar surface area (TPSA) is 21.3 Å². The first-order valence-electron chi connectivity index (χ1n) is 6.87. The maximum absolute atomic E-state index is 5.66. The standard InChI is InChI=1S/C15H23NOS/c1-3-16-12(2)13-6-4-8-15(10-13)18-11-14-7-5-9-17-14/h4,6,8,10,12,14,16H,3,5,7,9,11H2,1-2H3. The van der Waals surface area contributed by atoms with Crippen molar-refractivity contribution in [1.29, 1.82) is 0 Å². The normalized spacial score (nSPS) is 21.1. The number of nitrogens with one attached hydrogen (secondary N) is 1. The van der Waals surface area contributed by atoms with E-state index in [0.29, 0.717) is 12.1 Å². The van der Waals surface area contributed by atoms with E-state index in [1.54, 1.807) is 0 Å². The van der Waals surface area contributed by atoms with E-state index in [0.717, 1.165) is 18.9 Å². The van der Waals surface area contributed by atoms with Crippen molar-refractivity contribution in [3.8, 4) is 0 Å². The lowest BCUT2D eigenvalue weighted by atomic mass is 10.1. The molecular weight excluding hydrogens is 242 g/mol. The van der Waals surface area contributed by atoms with E-state index in [4.69, 9.17) is 4.74 Å². The van der Waals surface area contributed by atoms with Gasteiger partial charge < -0.3 is 10.1 Å². The van der Waals surface area contributed by atoms with Gasteiger partial charge >= 0.3 is 0 Å². The van der Waals surface area contributed by atoms with Crippen LogP contribution >= 0.6 is 11.8 Å². The Hall–Kier alpha value is -0.510. The van der Waals surface area contributed by atoms with Crippen LogP contribution in [0.15, 0.2) is 29.2 Å². The van der Waals surface area contributed by atoms with Crippen molar-refractivity contribution < 1.29 is 4.74 Å². The molecule has 100 valence electrons. The summed E-state index contributed by atoms with van der Waals surface area (Å²) in [6, 6.07) is 9.28. The van der Waals surface area contributed by atoms with Gasteiger partial charge in [0.2, 0.25) is 0 Å². The Morgan fingerprint density at radius 1 is 1.50 bits per heavy atom. The third-order valence-corrected chi connectivity index (χ3v) is 4.45. The average Bonchev–Trinajstić information content (AvgIpc) is 2.90. The first-order chi connectivity index (χ1) is 8.79. The summed E-state index contributed by atoms with van der Waals surface area (Å²) in [5, 5.41) is 3.45. The Bertz CT molecular complexity index is 363. The number of rotatable bonds is 6. The molecule has 0 radical (unpaired) electrons. The van der Waals surface area contributed by atoms with Gasteiger partial charge in [0.05, 0.1) is 6.10 Å². The molecule has 1 aliphatic heterocycles. The second-order valence-electron chi connectivity index (χ2n) is 4.80. The molecule has 0 spiro atoms. The molecule has 1 N–H and O–H groups in total. The van der Waals surface area contributed by atoms with Gasteiger partial charge in [-0.15, -0.1) is 11.8 Å². The van der Waals surface area contributed by atoms with Crippen molar-refractivity contribution >= 4 is 11.8 Å². The summed E-state index contributed by atoms with van der Waals surface area (Å²) >= 11 is 1.91. The number of thioether (sulfide) groups is 1. The molecule has 0 aliphatic carbocycles. The lowest BCUT2D eigenvalue weighted by molar-refractivity contribution is 0.129. The molecule has 2 rings (SSSR count). The summed E-state index contributed by atoms with van der Waals surface area (Å²) in [5.74, 6) is 1.08. The van der Waals surface area contributed by atoms with E-state index in [1.165, 1.54) is 23.3 Å². The van der Waals surface area contributed by atoms with E-state index in [-0.39, 0.29) is 0 Å². The predicted molar refractivity (Wildman–Crippen MR) is 78.2 cm³/mol. The Morgan fingerprint density at radius 3 is 3.11 bits per heavy atom. The molecule has 1 aromatic carbocycles. The van der Waals surface area contributed by atoms with Crippen LogP contribution in [0, 0.1) is 0 Å². The second kappa shape index (κ2) is 7.17. The van der Waals surface area contributed by atoms with Gasteiger partial charge in [0.15, 0.2) is 0 Å². The largest absolute Gasteiger partial charge is 0.377 e. The van der Waals surface area contributed by atoms with E-state index in [9.17, 15) is 0 Å². The molecule has 0 aromatic heterocycles. The fraction of sp³-hybridized carbons (Fsp3) is 0.600. The molecule has 3 heteroatoms. The summed E-state index contributed by atoms with van der Waals surface area (Å²) in [7, 11) is 0. The summed E-state index contributed by atoms with van der Waals surface area (Å²) < 4.78 is 5.66. The fourth-order valence-corrected chi connectivity index (χ4v) is 3.30. The highest BCUT2D eigenvalue weighted by Crippen LogP contribution is 2.26. The maximum atomic E-state index is 5.66. The zero-order valence-corrected chi connectivity index (χ0v) is 12.1. The van der Waals surface area contributed by atoms with Crippen LogP contribution in [-0.4, -0.2) is 25.0 Å². The molecule has 0 amide bonds. The van der Waals surface area contributed by atoms with Crippen LogP contribution in [0.5, 0.6) is 0 Å². The van der Waals surface area contributed by atoms with Crippen molar-refractivity contribution in [3.05, 3.63) is 29.8 Å². The van der Waals surface area contributed by atoms with E-state index < -0.39 is 0 Å². The van der Waals surface area contributed by atoms with Gasteiger partial charge in [-0.25, -0.2) is 0 Å². The molecule has 0 bridgehead atoms. The zero-order chi connectivity index (χ0) is 12.8. The summed E-state index contributed by atoms with van der Waals surface area (Å²) in [4.78, 5) is 1.35. The highest BCUT2D eigenvalue weighted by atomic mass is 32.2. The average molecular weight is 265 g/mol. The van der Waals surface area contributed by atoms with Crippen LogP contribution in [0.1, 0.15) is 38.3 Å². The van der Waals surface area contributed by atoms with Crippen LogP contribution in [-0.2, 0) is 4.74 Å². The number of hydrogen-bond donors (Lipinski definition) is 1. The molecule has 1 heterocycles. The molecular formula is C15H23NOS. The van der Waals surface area contributed by atoms with Crippen molar-refractivity contribution in [3.63, 3.8) is 0 Å². The second-order valence-corrected chi connectivity index (χ2v) is 5.89. The minimum absolute atomic E-state index is 0.429. The summed E-state index contributed by atoms with van der Waals surface area (Å²) in [6.07, 6.45) is 2.91. The Morgan fingerprint density at radius 2 is 2.39 bits per heavy atom. The highest BCUT2D eigenvalue weighted by Gasteiger charge is 2.15. The van der Waals surface area contributed by atoms with Gasteiger partial charge in [-0.3, -0.25) is 0 Å². The number of hydrogen-bond acceptors (Lipinski definition) is 3. The van der Waals surface area contributed by atoms with Gasteiger partial charge in [-0.2, -0.15) is 0 Å². The smallest absolute Gasteiger partial charge is 0.0669 e. The van der Waals surface area contributed by atoms with Gasteiger partial charge in [0.1, 0.15) is 0 Å². The van der Waals surface area contributed by atoms with Gasteiger partial charge in [-0.05, 0) is 44.0 Å². The lowest BCUT2D eigenvalue weighted by Crippen LogP contribution is -2.17. The maximum Gasteiger partial charge on any atom is 0.0669 e. The van der Waals surface area contributed by atoms with Crippen molar-refractivity contribution in [2.45, 2.75) is 43.7 Å². The molecule has 2 atom stereocenters. The van der Waals surface area contributed by atoms with Crippen LogP contribution in [0.3, 0.4) is 0 Å². The Kier molecular flexibility index (Phi) is 5.54. The SMILES string of the molecule is CCNC(C)c1cccc(SCC2CCCO2)c1. The molecule has 1 fully saturated rings. The Labute approximate surface area is 114 Å². The molecule has 2 unspecified atom stereocenters. The third-order valence-electron chi connectivity index (χ3n) is 3.33. The summed E-state index contributed by atoms with van der Waals surface area (Å²) in [6.45, 7) is 6.32. The minimum atomic E-state index is 0.429. The van der Waals surface area contributed by atoms with Crippen molar-refractivity contribution in [2.24, 2.45) is 0 Å². The van der Waals surface area contributed by atoms with Gasteiger partial charge in [-0.1, -0.05) is 19.1 Å². The number of ether oxygens (including phenoxy) is 1. The minimum Gasteiger partial charge on any atom is -0.377 e. The molecule has 1 aliphatic rings. The third kappa shape index (κ3) is 4.01. The highest BCUT2D eigenvalue weighted by molar-refractivity contribution is 7.99. The van der Waals surface area contributed by atoms with E-state index in [2.05, 4.69) is 43.4 Å². The van der Waals surface area contributed by atoms with Crippen molar-refractivity contribution in [2.75, 3.05) is 18.9 Å². The van der Waals surface area contributed by atoms with Gasteiger partial charge in [0.25, 0.3) is 0 Å². The molecule has 1 aromatic rings. The predicted octanol–water partition coefficient (Wildman–Crippen LogP) is 3.63. The van der Waals surface area contributed by atoms with E-state index in [1.807, 2.05) is 11.8 Å². The monoisotopic (exact) mass is 265 g/mol. The zero-order valence-electron chi connectivity index (χ0n) is 11.3. The van der Waals surface area contributed by atoms with Crippen LogP contribution in [0.25, 0.3) is 0 Å². The van der Waals surface area contributed by atoms with Crippen molar-refractivity contribution in [1.82, 2.24) is 5.32 Å². The summed E-state index contributed by atoms with van der Waals surface area (Å²) in [5.41, 5.74) is 1.37. The number of benzene rings is 1. The van der Waals surface area contributed by atoms with Crippen LogP contribution in [0.2, 0.25) is 0 Å². The molecule has 2 nitrogen and oxygen atoms in total.